The van der Waals surface area contributed by atoms with E-state index in [1.807, 2.05) is 6.26 Å². The summed E-state index contributed by atoms with van der Waals surface area (Å²) >= 11 is 1.28. The van der Waals surface area contributed by atoms with Crippen LogP contribution in [0.15, 0.2) is 0 Å². The number of hydrogen-bond donors (Lipinski definition) is 0. The van der Waals surface area contributed by atoms with E-state index in [0.29, 0.717) is 13.0 Å². The molecule has 3 heteroatoms. The third-order valence-electron chi connectivity index (χ3n) is 0.437. The van der Waals surface area contributed by atoms with Gasteiger partial charge in [-0.3, -0.25) is 0 Å². The largest absolute Gasteiger partial charge is 0.315 e. The molecule has 0 aromatic rings. The van der Waals surface area contributed by atoms with E-state index in [1.54, 1.807) is 0 Å². The van der Waals surface area contributed by atoms with Crippen LogP contribution in [0.5, 0.6) is 0 Å². The van der Waals surface area contributed by atoms with Crippen molar-refractivity contribution in [3.8, 4) is 0 Å². The Kier molecular flexibility index (Phi) is 5.96. The Morgan fingerprint density at radius 3 is 3.00 bits per heavy atom. The fourth-order valence-electron chi connectivity index (χ4n) is 0.180. The first kappa shape index (κ1) is 6.98. The van der Waals surface area contributed by atoms with E-state index in [0.717, 1.165) is 6.29 Å². The molecule has 0 aromatic carbocycles. The van der Waals surface area contributed by atoms with Crippen LogP contribution in [0.1, 0.15) is 6.42 Å². The van der Waals surface area contributed by atoms with E-state index in [-0.39, 0.29) is 0 Å². The Bertz CT molecular complexity index is 47.0. The average Bonchev–Trinajstić information content (AvgIpc) is 1.69. The molecule has 0 saturated carbocycles. The van der Waals surface area contributed by atoms with Crippen molar-refractivity contribution in [3.05, 3.63) is 0 Å². The highest BCUT2D eigenvalue weighted by molar-refractivity contribution is 7.93. The molecule has 7 heavy (non-hydrogen) atoms. The third kappa shape index (κ3) is 5.98. The van der Waals surface area contributed by atoms with Crippen molar-refractivity contribution in [2.45, 2.75) is 6.42 Å². The molecule has 0 radical (unpaired) electrons. The molecule has 0 amide bonds. The second-order valence-electron chi connectivity index (χ2n) is 0.944. The van der Waals surface area contributed by atoms with Crippen LogP contribution in [0.4, 0.5) is 0 Å². The summed E-state index contributed by atoms with van der Waals surface area (Å²) in [6.45, 7) is 0.532. The molecular weight excluding hydrogens is 112 g/mol. The number of aldehydes is 1. The summed E-state index contributed by atoms with van der Waals surface area (Å²) in [5.74, 6) is 0. The molecule has 0 spiro atoms. The summed E-state index contributed by atoms with van der Waals surface area (Å²) in [5, 5.41) is 0. The Balaban J connectivity index is 2.56. The van der Waals surface area contributed by atoms with Gasteiger partial charge >= 0.3 is 0 Å². The van der Waals surface area contributed by atoms with Gasteiger partial charge in [-0.1, -0.05) is 0 Å². The minimum absolute atomic E-state index is 0.501. The van der Waals surface area contributed by atoms with Crippen molar-refractivity contribution in [1.29, 1.82) is 0 Å². The van der Waals surface area contributed by atoms with Crippen molar-refractivity contribution in [2.75, 3.05) is 12.9 Å². The fourth-order valence-corrected chi connectivity index (χ4v) is 0.442. The fraction of sp³-hybridized carbons (Fsp3) is 0.750. The average molecular weight is 120 g/mol. The smallest absolute Gasteiger partial charge is 0.122 e. The van der Waals surface area contributed by atoms with Crippen LogP contribution < -0.4 is 0 Å². The van der Waals surface area contributed by atoms with Gasteiger partial charge < -0.3 is 8.98 Å². The molecule has 0 saturated heterocycles. The normalized spacial score (nSPS) is 8.71. The highest BCUT2D eigenvalue weighted by Crippen LogP contribution is 1.93. The number of hydrogen-bond acceptors (Lipinski definition) is 3. The first-order valence-corrected chi connectivity index (χ1v) is 3.16. The van der Waals surface area contributed by atoms with E-state index in [2.05, 4.69) is 0 Å². The summed E-state index contributed by atoms with van der Waals surface area (Å²) in [4.78, 5) is 9.59. The van der Waals surface area contributed by atoms with Gasteiger partial charge in [0.05, 0.1) is 6.61 Å². The quantitative estimate of drug-likeness (QED) is 0.313. The molecule has 42 valence electrons. The van der Waals surface area contributed by atoms with Crippen LogP contribution in [-0.4, -0.2) is 19.1 Å². The molecule has 0 aliphatic carbocycles. The molecule has 0 rings (SSSR count). The van der Waals surface area contributed by atoms with Crippen LogP contribution in [0.2, 0.25) is 0 Å². The van der Waals surface area contributed by atoms with Crippen molar-refractivity contribution in [1.82, 2.24) is 0 Å². The van der Waals surface area contributed by atoms with Crippen LogP contribution in [0, 0.1) is 0 Å². The van der Waals surface area contributed by atoms with Gasteiger partial charge in [0.2, 0.25) is 0 Å². The second-order valence-corrected chi connectivity index (χ2v) is 1.51. The summed E-state index contributed by atoms with van der Waals surface area (Å²) in [7, 11) is 0. The number of rotatable bonds is 4. The van der Waals surface area contributed by atoms with Crippen molar-refractivity contribution >= 4 is 18.3 Å². The number of carbonyl (C=O) groups is 1. The van der Waals surface area contributed by atoms with Gasteiger partial charge in [0, 0.05) is 12.7 Å². The van der Waals surface area contributed by atoms with E-state index in [4.69, 9.17) is 4.18 Å². The Morgan fingerprint density at radius 2 is 2.57 bits per heavy atom. The first-order chi connectivity index (χ1) is 3.41. The molecule has 0 fully saturated rings. The lowest BCUT2D eigenvalue weighted by Gasteiger charge is -1.89. The summed E-state index contributed by atoms with van der Waals surface area (Å²) in [6, 6.07) is 0. The first-order valence-electron chi connectivity index (χ1n) is 2.01. The van der Waals surface area contributed by atoms with Gasteiger partial charge in [-0.15, -0.1) is 0 Å². The van der Waals surface area contributed by atoms with Gasteiger partial charge in [-0.25, -0.2) is 0 Å². The molecular formula is C4H8O2S. The Morgan fingerprint density at radius 1 is 1.86 bits per heavy atom. The molecule has 2 nitrogen and oxygen atoms in total. The third-order valence-corrected chi connectivity index (χ3v) is 0.839. The van der Waals surface area contributed by atoms with E-state index in [1.165, 1.54) is 12.0 Å². The zero-order chi connectivity index (χ0) is 5.54. The lowest BCUT2D eigenvalue weighted by atomic mass is 10.5. The molecule has 0 atom stereocenters. The maximum absolute atomic E-state index is 9.59. The van der Waals surface area contributed by atoms with Crippen molar-refractivity contribution in [2.24, 2.45) is 0 Å². The Hall–Kier alpha value is -0.0200. The second kappa shape index (κ2) is 5.98. The van der Waals surface area contributed by atoms with E-state index < -0.39 is 0 Å². The summed E-state index contributed by atoms with van der Waals surface area (Å²) in [5.41, 5.74) is 0. The van der Waals surface area contributed by atoms with Crippen LogP contribution in [0.3, 0.4) is 0 Å². The summed E-state index contributed by atoms with van der Waals surface area (Å²) in [6.07, 6.45) is 3.17. The zero-order valence-electron chi connectivity index (χ0n) is 4.22. The predicted octanol–water partition coefficient (Wildman–Crippen LogP) is 0.870. The van der Waals surface area contributed by atoms with E-state index >= 15 is 0 Å². The van der Waals surface area contributed by atoms with Crippen LogP contribution in [-0.2, 0) is 8.98 Å². The predicted molar refractivity (Wildman–Crippen MR) is 30.1 cm³/mol. The van der Waals surface area contributed by atoms with Gasteiger partial charge in [-0.05, 0) is 12.0 Å². The van der Waals surface area contributed by atoms with Gasteiger partial charge in [0.25, 0.3) is 0 Å². The van der Waals surface area contributed by atoms with Crippen LogP contribution >= 0.6 is 12.0 Å². The minimum atomic E-state index is 0.501. The maximum atomic E-state index is 9.59. The van der Waals surface area contributed by atoms with E-state index in [9.17, 15) is 4.79 Å². The SMILES string of the molecule is CSOCCC=O. The molecule has 0 unspecified atom stereocenters. The van der Waals surface area contributed by atoms with Gasteiger partial charge in [-0.2, -0.15) is 0 Å². The lowest BCUT2D eigenvalue weighted by molar-refractivity contribution is -0.108. The zero-order valence-corrected chi connectivity index (χ0v) is 5.03. The van der Waals surface area contributed by atoms with Gasteiger partial charge in [0.15, 0.2) is 0 Å². The molecule has 0 N–H and O–H groups in total. The molecule has 0 bridgehead atoms. The molecule has 0 heterocycles. The molecule has 0 aliphatic heterocycles. The standard InChI is InChI=1S/C4H8O2S/c1-7-6-4-2-3-5/h3H,2,4H2,1H3. The topological polar surface area (TPSA) is 26.3 Å². The Labute approximate surface area is 47.4 Å². The van der Waals surface area contributed by atoms with Gasteiger partial charge in [0.1, 0.15) is 6.29 Å². The van der Waals surface area contributed by atoms with Crippen LogP contribution in [0.25, 0.3) is 0 Å². The highest BCUT2D eigenvalue weighted by Gasteiger charge is 1.79. The maximum Gasteiger partial charge on any atom is 0.122 e. The molecule has 0 aromatic heterocycles. The van der Waals surface area contributed by atoms with Crippen molar-refractivity contribution < 1.29 is 8.98 Å². The minimum Gasteiger partial charge on any atom is -0.315 e. The van der Waals surface area contributed by atoms with Crippen molar-refractivity contribution in [3.63, 3.8) is 0 Å². The number of carbonyl (C=O) groups excluding carboxylic acids is 1. The molecule has 0 aliphatic rings. The highest BCUT2D eigenvalue weighted by atomic mass is 32.2. The monoisotopic (exact) mass is 120 g/mol. The summed E-state index contributed by atoms with van der Waals surface area (Å²) < 4.78 is 4.76. The lowest BCUT2D eigenvalue weighted by Crippen LogP contribution is -1.84.